The highest BCUT2D eigenvalue weighted by Crippen LogP contribution is 2.27. The summed E-state index contributed by atoms with van der Waals surface area (Å²) in [6.45, 7) is 5.27. The van der Waals surface area contributed by atoms with Gasteiger partial charge in [0.25, 0.3) is 0 Å². The zero-order chi connectivity index (χ0) is 18.7. The Morgan fingerprint density at radius 2 is 2.00 bits per heavy atom. The molecule has 1 saturated heterocycles. The van der Waals surface area contributed by atoms with Crippen molar-refractivity contribution in [2.24, 2.45) is 5.92 Å². The molecule has 142 valence electrons. The minimum atomic E-state index is -3.48. The highest BCUT2D eigenvalue weighted by molar-refractivity contribution is 7.89. The molecule has 0 N–H and O–H groups in total. The standard InChI is InChI=1S/C18H26N4O3S/c1-14(2)22-13-19-20-18(22)11-15-7-9-21(10-8-15)26(23,24)17-6-4-5-16(12-17)25-3/h4-6,12-15H,7-11H2,1-3H3. The van der Waals surface area contributed by atoms with E-state index >= 15 is 0 Å². The Morgan fingerprint density at radius 3 is 2.65 bits per heavy atom. The van der Waals surface area contributed by atoms with Crippen molar-refractivity contribution in [3.05, 3.63) is 36.4 Å². The van der Waals surface area contributed by atoms with Gasteiger partial charge in [0.2, 0.25) is 10.0 Å². The first kappa shape index (κ1) is 18.8. The molecule has 26 heavy (non-hydrogen) atoms. The summed E-state index contributed by atoms with van der Waals surface area (Å²) in [5, 5.41) is 8.25. The van der Waals surface area contributed by atoms with E-state index in [-0.39, 0.29) is 4.90 Å². The van der Waals surface area contributed by atoms with Gasteiger partial charge in [0.1, 0.15) is 17.9 Å². The highest BCUT2D eigenvalue weighted by atomic mass is 32.2. The monoisotopic (exact) mass is 378 g/mol. The first-order chi connectivity index (χ1) is 12.4. The maximum atomic E-state index is 12.9. The Morgan fingerprint density at radius 1 is 1.27 bits per heavy atom. The molecule has 1 aromatic heterocycles. The number of aromatic nitrogens is 3. The van der Waals surface area contributed by atoms with Gasteiger partial charge in [-0.05, 0) is 44.7 Å². The summed E-state index contributed by atoms with van der Waals surface area (Å²) in [7, 11) is -1.95. The summed E-state index contributed by atoms with van der Waals surface area (Å²) >= 11 is 0. The number of nitrogens with zero attached hydrogens (tertiary/aromatic N) is 4. The van der Waals surface area contributed by atoms with Gasteiger partial charge in [0.15, 0.2) is 0 Å². The second-order valence-electron chi connectivity index (χ2n) is 6.98. The number of hydrogen-bond donors (Lipinski definition) is 0. The summed E-state index contributed by atoms with van der Waals surface area (Å²) in [6.07, 6.45) is 4.26. The summed E-state index contributed by atoms with van der Waals surface area (Å²) < 4.78 is 34.5. The normalized spacial score (nSPS) is 16.9. The van der Waals surface area contributed by atoms with E-state index in [9.17, 15) is 8.42 Å². The third-order valence-electron chi connectivity index (χ3n) is 4.93. The molecule has 3 rings (SSSR count). The van der Waals surface area contributed by atoms with Crippen LogP contribution in [0.5, 0.6) is 5.75 Å². The van der Waals surface area contributed by atoms with Crippen LogP contribution in [0.4, 0.5) is 0 Å². The van der Waals surface area contributed by atoms with E-state index in [1.807, 2.05) is 0 Å². The van der Waals surface area contributed by atoms with E-state index < -0.39 is 10.0 Å². The van der Waals surface area contributed by atoms with Crippen LogP contribution >= 0.6 is 0 Å². The predicted molar refractivity (Wildman–Crippen MR) is 98.6 cm³/mol. The predicted octanol–water partition coefficient (Wildman–Crippen LogP) is 2.51. The summed E-state index contributed by atoms with van der Waals surface area (Å²) in [6, 6.07) is 6.98. The quantitative estimate of drug-likeness (QED) is 0.772. The second kappa shape index (κ2) is 7.75. The van der Waals surface area contributed by atoms with E-state index in [2.05, 4.69) is 28.6 Å². The van der Waals surface area contributed by atoms with Crippen molar-refractivity contribution in [1.82, 2.24) is 19.1 Å². The fourth-order valence-corrected chi connectivity index (χ4v) is 4.87. The Kier molecular flexibility index (Phi) is 5.62. The van der Waals surface area contributed by atoms with E-state index in [0.29, 0.717) is 30.8 Å². The van der Waals surface area contributed by atoms with Gasteiger partial charge in [-0.2, -0.15) is 4.31 Å². The maximum Gasteiger partial charge on any atom is 0.243 e. The third kappa shape index (κ3) is 3.91. The van der Waals surface area contributed by atoms with Crippen LogP contribution in [0.25, 0.3) is 0 Å². The molecule has 8 heteroatoms. The summed E-state index contributed by atoms with van der Waals surface area (Å²) in [5.74, 6) is 1.96. The number of benzene rings is 1. The zero-order valence-electron chi connectivity index (χ0n) is 15.5. The molecule has 0 aliphatic carbocycles. The molecule has 2 aromatic rings. The lowest BCUT2D eigenvalue weighted by Crippen LogP contribution is -2.39. The summed E-state index contributed by atoms with van der Waals surface area (Å²) in [4.78, 5) is 0.287. The lowest BCUT2D eigenvalue weighted by Gasteiger charge is -2.31. The third-order valence-corrected chi connectivity index (χ3v) is 6.82. The second-order valence-corrected chi connectivity index (χ2v) is 8.92. The van der Waals surface area contributed by atoms with Crippen molar-refractivity contribution < 1.29 is 13.2 Å². The molecule has 0 bridgehead atoms. The van der Waals surface area contributed by atoms with Crippen LogP contribution in [0.15, 0.2) is 35.5 Å². The lowest BCUT2D eigenvalue weighted by atomic mass is 9.94. The van der Waals surface area contributed by atoms with Crippen LogP contribution in [-0.2, 0) is 16.4 Å². The Hall–Kier alpha value is -1.93. The van der Waals surface area contributed by atoms with Crippen LogP contribution in [0.2, 0.25) is 0 Å². The fourth-order valence-electron chi connectivity index (χ4n) is 3.37. The number of methoxy groups -OCH3 is 1. The molecule has 0 unspecified atom stereocenters. The number of ether oxygens (including phenoxy) is 1. The van der Waals surface area contributed by atoms with Gasteiger partial charge in [-0.25, -0.2) is 8.42 Å². The van der Waals surface area contributed by atoms with Gasteiger partial charge in [-0.1, -0.05) is 6.07 Å². The number of sulfonamides is 1. The minimum absolute atomic E-state index is 0.287. The molecule has 1 aromatic carbocycles. The molecule has 1 fully saturated rings. The van der Waals surface area contributed by atoms with E-state index in [0.717, 1.165) is 25.1 Å². The van der Waals surface area contributed by atoms with Gasteiger partial charge < -0.3 is 9.30 Å². The van der Waals surface area contributed by atoms with Gasteiger partial charge in [0, 0.05) is 31.6 Å². The zero-order valence-corrected chi connectivity index (χ0v) is 16.3. The van der Waals surface area contributed by atoms with Crippen LogP contribution in [0, 0.1) is 5.92 Å². The molecule has 0 amide bonds. The molecule has 2 heterocycles. The molecule has 0 atom stereocenters. The highest BCUT2D eigenvalue weighted by Gasteiger charge is 2.30. The molecule has 1 aliphatic rings. The van der Waals surface area contributed by atoms with Crippen LogP contribution in [-0.4, -0.2) is 47.7 Å². The Balaban J connectivity index is 1.65. The molecule has 7 nitrogen and oxygen atoms in total. The lowest BCUT2D eigenvalue weighted by molar-refractivity contribution is 0.268. The molecule has 0 saturated carbocycles. The Bertz CT molecular complexity index is 840. The van der Waals surface area contributed by atoms with Crippen LogP contribution in [0.1, 0.15) is 38.6 Å². The molecule has 0 spiro atoms. The molecule has 0 radical (unpaired) electrons. The molecule has 1 aliphatic heterocycles. The average Bonchev–Trinajstić information content (AvgIpc) is 3.10. The number of rotatable bonds is 6. The van der Waals surface area contributed by atoms with E-state index in [1.54, 1.807) is 34.9 Å². The van der Waals surface area contributed by atoms with Crippen LogP contribution in [0.3, 0.4) is 0 Å². The van der Waals surface area contributed by atoms with Crippen molar-refractivity contribution in [3.8, 4) is 5.75 Å². The van der Waals surface area contributed by atoms with Gasteiger partial charge in [-0.15, -0.1) is 10.2 Å². The fraction of sp³-hybridized carbons (Fsp3) is 0.556. The van der Waals surface area contributed by atoms with Gasteiger partial charge >= 0.3 is 0 Å². The van der Waals surface area contributed by atoms with Crippen molar-refractivity contribution in [2.45, 2.75) is 44.0 Å². The molecular weight excluding hydrogens is 352 g/mol. The van der Waals surface area contributed by atoms with Gasteiger partial charge in [-0.3, -0.25) is 0 Å². The minimum Gasteiger partial charge on any atom is -0.497 e. The summed E-state index contributed by atoms with van der Waals surface area (Å²) in [5.41, 5.74) is 0. The van der Waals surface area contributed by atoms with Crippen molar-refractivity contribution in [3.63, 3.8) is 0 Å². The maximum absolute atomic E-state index is 12.9. The van der Waals surface area contributed by atoms with Gasteiger partial charge in [0.05, 0.1) is 12.0 Å². The van der Waals surface area contributed by atoms with E-state index in [1.165, 1.54) is 7.11 Å². The SMILES string of the molecule is COc1cccc(S(=O)(=O)N2CCC(Cc3nncn3C(C)C)CC2)c1. The van der Waals surface area contributed by atoms with Crippen LogP contribution < -0.4 is 4.74 Å². The number of piperidine rings is 1. The molecular formula is C18H26N4O3S. The number of hydrogen-bond acceptors (Lipinski definition) is 5. The van der Waals surface area contributed by atoms with E-state index in [4.69, 9.17) is 4.74 Å². The largest absolute Gasteiger partial charge is 0.497 e. The topological polar surface area (TPSA) is 77.3 Å². The average molecular weight is 378 g/mol. The van der Waals surface area contributed by atoms with Crippen molar-refractivity contribution in [1.29, 1.82) is 0 Å². The first-order valence-corrected chi connectivity index (χ1v) is 10.4. The smallest absolute Gasteiger partial charge is 0.243 e. The first-order valence-electron chi connectivity index (χ1n) is 8.94. The van der Waals surface area contributed by atoms with Crippen molar-refractivity contribution in [2.75, 3.05) is 20.2 Å². The van der Waals surface area contributed by atoms with Crippen molar-refractivity contribution >= 4 is 10.0 Å². The Labute approximate surface area is 155 Å².